The van der Waals surface area contributed by atoms with Crippen LogP contribution in [-0.2, 0) is 17.8 Å². The van der Waals surface area contributed by atoms with Gasteiger partial charge in [-0.05, 0) is 51.0 Å². The van der Waals surface area contributed by atoms with Crippen LogP contribution in [0.25, 0.3) is 0 Å². The number of rotatable bonds is 4. The molecule has 2 heterocycles. The van der Waals surface area contributed by atoms with Crippen molar-refractivity contribution in [2.75, 3.05) is 13.2 Å². The fourth-order valence-corrected chi connectivity index (χ4v) is 3.67. The van der Waals surface area contributed by atoms with Gasteiger partial charge in [0.2, 0.25) is 0 Å². The van der Waals surface area contributed by atoms with E-state index in [1.807, 2.05) is 0 Å². The van der Waals surface area contributed by atoms with E-state index < -0.39 is 0 Å². The lowest BCUT2D eigenvalue weighted by Gasteiger charge is -2.30. The van der Waals surface area contributed by atoms with E-state index in [4.69, 9.17) is 4.74 Å². The lowest BCUT2D eigenvalue weighted by Crippen LogP contribution is -2.38. The van der Waals surface area contributed by atoms with Gasteiger partial charge in [-0.15, -0.1) is 0 Å². The number of nitrogens with zero attached hydrogens (tertiary/aromatic N) is 2. The smallest absolute Gasteiger partial charge is 0.267 e. The number of nitrogens with one attached hydrogen (secondary N) is 1. The molecule has 120 valence electrons. The Bertz CT molecular complexity index is 586. The van der Waals surface area contributed by atoms with Gasteiger partial charge < -0.3 is 10.1 Å². The average Bonchev–Trinajstić information content (AvgIpc) is 3.37. The summed E-state index contributed by atoms with van der Waals surface area (Å²) in [5, 5.41) is 8.35. The van der Waals surface area contributed by atoms with Crippen LogP contribution in [-0.4, -0.2) is 29.0 Å². The van der Waals surface area contributed by atoms with Gasteiger partial charge in [0.1, 0.15) is 0 Å². The minimum absolute atomic E-state index is 0.0404. The zero-order chi connectivity index (χ0) is 14.9. The maximum Gasteiger partial charge on any atom is 0.267 e. The molecule has 0 atom stereocenters. The predicted molar refractivity (Wildman–Crippen MR) is 83.9 cm³/mol. The molecule has 3 aliphatic rings. The maximum absolute atomic E-state index is 12.3. The van der Waals surface area contributed by atoms with Crippen molar-refractivity contribution >= 4 is 0 Å². The summed E-state index contributed by atoms with van der Waals surface area (Å²) in [5.41, 5.74) is 2.07. The van der Waals surface area contributed by atoms with E-state index in [0.717, 1.165) is 55.9 Å². The highest BCUT2D eigenvalue weighted by molar-refractivity contribution is 5.19. The first-order valence-electron chi connectivity index (χ1n) is 8.72. The Morgan fingerprint density at radius 2 is 2.05 bits per heavy atom. The van der Waals surface area contributed by atoms with E-state index in [1.54, 1.807) is 10.7 Å². The summed E-state index contributed by atoms with van der Waals surface area (Å²) < 4.78 is 7.16. The van der Waals surface area contributed by atoms with Crippen molar-refractivity contribution in [3.8, 4) is 0 Å². The van der Waals surface area contributed by atoms with Crippen molar-refractivity contribution in [1.82, 2.24) is 15.1 Å². The molecule has 1 aliphatic heterocycles. The van der Waals surface area contributed by atoms with Gasteiger partial charge >= 0.3 is 0 Å². The minimum Gasteiger partial charge on any atom is -0.376 e. The van der Waals surface area contributed by atoms with E-state index in [2.05, 4.69) is 10.4 Å². The number of fused-ring (bicyclic) bond motifs is 1. The van der Waals surface area contributed by atoms with Crippen LogP contribution in [0.5, 0.6) is 0 Å². The number of hydrogen-bond donors (Lipinski definition) is 1. The molecule has 2 aliphatic carbocycles. The molecule has 0 bridgehead atoms. The van der Waals surface area contributed by atoms with Gasteiger partial charge in [-0.25, -0.2) is 4.68 Å². The van der Waals surface area contributed by atoms with E-state index in [1.165, 1.54) is 19.4 Å². The molecule has 0 radical (unpaired) electrons. The Morgan fingerprint density at radius 3 is 2.82 bits per heavy atom. The van der Waals surface area contributed by atoms with E-state index in [-0.39, 0.29) is 11.6 Å². The van der Waals surface area contributed by atoms with Crippen molar-refractivity contribution in [3.63, 3.8) is 0 Å². The van der Waals surface area contributed by atoms with Crippen LogP contribution in [0.3, 0.4) is 0 Å². The molecule has 5 nitrogen and oxygen atoms in total. The third-order valence-corrected chi connectivity index (χ3v) is 5.30. The topological polar surface area (TPSA) is 56.2 Å². The lowest BCUT2D eigenvalue weighted by atomic mass is 9.91. The first-order valence-corrected chi connectivity index (χ1v) is 8.72. The molecule has 22 heavy (non-hydrogen) atoms. The number of ether oxygens (including phenoxy) is 1. The standard InChI is InChI=1S/C17H25N3O2/c21-17-9-13-11-22-8-7-16(13)19-20(17)15-5-3-14(4-6-15)18-10-12-1-2-12/h9,12,14-15,18H,1-8,10-11H2. The highest BCUT2D eigenvalue weighted by atomic mass is 16.5. The fourth-order valence-electron chi connectivity index (χ4n) is 3.67. The number of hydrogen-bond acceptors (Lipinski definition) is 4. The molecule has 0 spiro atoms. The van der Waals surface area contributed by atoms with Crippen LogP contribution >= 0.6 is 0 Å². The van der Waals surface area contributed by atoms with Gasteiger partial charge in [0.25, 0.3) is 5.56 Å². The number of aromatic nitrogens is 2. The third kappa shape index (κ3) is 3.10. The van der Waals surface area contributed by atoms with E-state index in [9.17, 15) is 4.79 Å². The summed E-state index contributed by atoms with van der Waals surface area (Å²) in [5.74, 6) is 0.935. The monoisotopic (exact) mass is 303 g/mol. The molecule has 1 N–H and O–H groups in total. The van der Waals surface area contributed by atoms with Crippen molar-refractivity contribution in [3.05, 3.63) is 27.7 Å². The highest BCUT2D eigenvalue weighted by Crippen LogP contribution is 2.30. The van der Waals surface area contributed by atoms with Crippen LogP contribution < -0.4 is 10.9 Å². The Morgan fingerprint density at radius 1 is 1.23 bits per heavy atom. The van der Waals surface area contributed by atoms with Gasteiger partial charge in [0.15, 0.2) is 0 Å². The van der Waals surface area contributed by atoms with Gasteiger partial charge in [-0.1, -0.05) is 0 Å². The van der Waals surface area contributed by atoms with Gasteiger partial charge in [-0.2, -0.15) is 5.10 Å². The van der Waals surface area contributed by atoms with E-state index >= 15 is 0 Å². The van der Waals surface area contributed by atoms with Crippen LogP contribution in [0.1, 0.15) is 55.8 Å². The first-order chi connectivity index (χ1) is 10.8. The van der Waals surface area contributed by atoms with Crippen molar-refractivity contribution in [2.45, 2.75) is 63.6 Å². The Hall–Kier alpha value is -1.20. The lowest BCUT2D eigenvalue weighted by molar-refractivity contribution is 0.107. The van der Waals surface area contributed by atoms with Crippen LogP contribution in [0.4, 0.5) is 0 Å². The molecule has 5 heteroatoms. The molecule has 1 aromatic rings. The molecular formula is C17H25N3O2. The SMILES string of the molecule is O=c1cc2c(nn1C1CCC(NCC3CC3)CC1)CCOC2. The molecule has 2 fully saturated rings. The quantitative estimate of drug-likeness (QED) is 0.921. The Kier molecular flexibility index (Phi) is 4.01. The Balaban J connectivity index is 1.41. The summed E-state index contributed by atoms with van der Waals surface area (Å²) in [6, 6.07) is 2.65. The zero-order valence-electron chi connectivity index (χ0n) is 13.1. The predicted octanol–water partition coefficient (Wildman–Crippen LogP) is 1.80. The summed E-state index contributed by atoms with van der Waals surface area (Å²) in [4.78, 5) is 12.3. The largest absolute Gasteiger partial charge is 0.376 e. The molecule has 0 aromatic carbocycles. The van der Waals surface area contributed by atoms with Crippen LogP contribution in [0.15, 0.2) is 10.9 Å². The van der Waals surface area contributed by atoms with E-state index in [0.29, 0.717) is 12.6 Å². The second-order valence-electron chi connectivity index (χ2n) is 7.06. The van der Waals surface area contributed by atoms with Crippen LogP contribution in [0, 0.1) is 5.92 Å². The summed E-state index contributed by atoms with van der Waals surface area (Å²) in [6.07, 6.45) is 8.07. The second kappa shape index (κ2) is 6.13. The molecule has 0 amide bonds. The minimum atomic E-state index is 0.0404. The first kappa shape index (κ1) is 14.4. The molecule has 4 rings (SSSR count). The van der Waals surface area contributed by atoms with Crippen molar-refractivity contribution < 1.29 is 4.74 Å². The fraction of sp³-hybridized carbons (Fsp3) is 0.765. The summed E-state index contributed by atoms with van der Waals surface area (Å²) in [7, 11) is 0. The zero-order valence-corrected chi connectivity index (χ0v) is 13.1. The third-order valence-electron chi connectivity index (χ3n) is 5.30. The second-order valence-corrected chi connectivity index (χ2v) is 7.06. The maximum atomic E-state index is 12.3. The molecule has 0 unspecified atom stereocenters. The summed E-state index contributed by atoms with van der Waals surface area (Å²) >= 11 is 0. The van der Waals surface area contributed by atoms with Gasteiger partial charge in [-0.3, -0.25) is 4.79 Å². The molecule has 2 saturated carbocycles. The Labute approximate surface area is 131 Å². The molecule has 0 saturated heterocycles. The van der Waals surface area contributed by atoms with Crippen molar-refractivity contribution in [2.24, 2.45) is 5.92 Å². The summed E-state index contributed by atoms with van der Waals surface area (Å²) in [6.45, 7) is 2.44. The normalized spacial score (nSPS) is 28.4. The van der Waals surface area contributed by atoms with Gasteiger partial charge in [0.05, 0.1) is 24.9 Å². The highest BCUT2D eigenvalue weighted by Gasteiger charge is 2.27. The average molecular weight is 303 g/mol. The molecular weight excluding hydrogens is 278 g/mol. The molecule has 1 aromatic heterocycles. The van der Waals surface area contributed by atoms with Gasteiger partial charge in [0, 0.05) is 24.1 Å². The van der Waals surface area contributed by atoms with Crippen molar-refractivity contribution in [1.29, 1.82) is 0 Å². The van der Waals surface area contributed by atoms with Crippen LogP contribution in [0.2, 0.25) is 0 Å².